The Balaban J connectivity index is 1.38. The fourth-order valence-corrected chi connectivity index (χ4v) is 4.30. The number of ether oxygens (including phenoxy) is 1. The van der Waals surface area contributed by atoms with Gasteiger partial charge in [0.2, 0.25) is 5.95 Å². The van der Waals surface area contributed by atoms with Gasteiger partial charge in [-0.3, -0.25) is 4.79 Å². The summed E-state index contributed by atoms with van der Waals surface area (Å²) < 4.78 is 6.05. The summed E-state index contributed by atoms with van der Waals surface area (Å²) in [7, 11) is 0. The van der Waals surface area contributed by atoms with Crippen LogP contribution in [-0.2, 0) is 4.74 Å². The number of rotatable bonds is 8. The van der Waals surface area contributed by atoms with Crippen LogP contribution in [0.1, 0.15) is 48.7 Å². The van der Waals surface area contributed by atoms with E-state index in [4.69, 9.17) is 4.74 Å². The molecule has 2 heterocycles. The number of carbonyl (C=O) groups excluding carboxylic acids is 1. The Hall–Kier alpha value is -3.29. The minimum absolute atomic E-state index is 0.0945. The maximum Gasteiger partial charge on any atom is 0.255 e. The molecule has 1 amide bonds. The van der Waals surface area contributed by atoms with E-state index in [2.05, 4.69) is 51.5 Å². The lowest BCUT2D eigenvalue weighted by atomic mass is 9.96. The normalized spacial score (nSPS) is 18.2. The number of anilines is 3. The van der Waals surface area contributed by atoms with Crippen molar-refractivity contribution in [2.24, 2.45) is 0 Å². The van der Waals surface area contributed by atoms with Gasteiger partial charge in [-0.2, -0.15) is 0 Å². The van der Waals surface area contributed by atoms with Crippen molar-refractivity contribution >= 4 is 23.2 Å². The second-order valence-electron chi connectivity index (χ2n) is 8.11. The highest BCUT2D eigenvalue weighted by Crippen LogP contribution is 2.31. The van der Waals surface area contributed by atoms with Crippen LogP contribution in [0.25, 0.3) is 0 Å². The summed E-state index contributed by atoms with van der Waals surface area (Å²) in [4.78, 5) is 23.6. The van der Waals surface area contributed by atoms with E-state index in [1.54, 1.807) is 30.6 Å². The number of benzene rings is 2. The topological polar surface area (TPSA) is 79.4 Å². The highest BCUT2D eigenvalue weighted by atomic mass is 16.5. The number of amides is 1. The summed E-state index contributed by atoms with van der Waals surface area (Å²) in [5, 5.41) is 6.08. The molecule has 0 aliphatic carbocycles. The molecule has 7 nitrogen and oxygen atoms in total. The highest BCUT2D eigenvalue weighted by Gasteiger charge is 2.27. The van der Waals surface area contributed by atoms with Crippen LogP contribution < -0.4 is 10.6 Å². The highest BCUT2D eigenvalue weighted by molar-refractivity contribution is 6.04. The third kappa shape index (κ3) is 5.94. The monoisotopic (exact) mass is 445 g/mol. The summed E-state index contributed by atoms with van der Waals surface area (Å²) in [6.07, 6.45) is 5.50. The fourth-order valence-electron chi connectivity index (χ4n) is 4.30. The number of carbonyl (C=O) groups is 1. The number of hydrogen-bond acceptors (Lipinski definition) is 6. The predicted octanol–water partition coefficient (Wildman–Crippen LogP) is 5.03. The molecule has 4 rings (SSSR count). The second-order valence-corrected chi connectivity index (χ2v) is 8.11. The van der Waals surface area contributed by atoms with Crippen LogP contribution in [0.2, 0.25) is 0 Å². The Morgan fingerprint density at radius 3 is 2.52 bits per heavy atom. The average molecular weight is 446 g/mol. The molecule has 0 bridgehead atoms. The van der Waals surface area contributed by atoms with E-state index in [-0.39, 0.29) is 12.0 Å². The van der Waals surface area contributed by atoms with Gasteiger partial charge in [-0.15, -0.1) is 0 Å². The second kappa shape index (κ2) is 11.0. The molecule has 7 heteroatoms. The molecule has 1 aromatic heterocycles. The van der Waals surface area contributed by atoms with Gasteiger partial charge in [0.15, 0.2) is 0 Å². The van der Waals surface area contributed by atoms with Crippen LogP contribution >= 0.6 is 0 Å². The van der Waals surface area contributed by atoms with Gasteiger partial charge in [0, 0.05) is 42.0 Å². The van der Waals surface area contributed by atoms with Crippen molar-refractivity contribution in [2.45, 2.75) is 38.8 Å². The molecule has 2 atom stereocenters. The Morgan fingerprint density at radius 1 is 1.03 bits per heavy atom. The van der Waals surface area contributed by atoms with Crippen LogP contribution in [0.15, 0.2) is 67.0 Å². The lowest BCUT2D eigenvalue weighted by molar-refractivity contribution is -0.0265. The van der Waals surface area contributed by atoms with Crippen molar-refractivity contribution < 1.29 is 9.53 Å². The SMILES string of the molecule is CCN(CC)[C@@H]1CCO[C@H](c2ccc(NC(=O)c3cccc(Nc4ncccn4)c3)cc2)C1. The largest absolute Gasteiger partial charge is 0.373 e. The van der Waals surface area contributed by atoms with Crippen molar-refractivity contribution in [1.29, 1.82) is 0 Å². The summed E-state index contributed by atoms with van der Waals surface area (Å²) in [6.45, 7) is 7.34. The average Bonchev–Trinajstić information content (AvgIpc) is 2.86. The van der Waals surface area contributed by atoms with Crippen molar-refractivity contribution in [1.82, 2.24) is 14.9 Å². The van der Waals surface area contributed by atoms with Crippen molar-refractivity contribution in [3.8, 4) is 0 Å². The Bertz CT molecular complexity index is 1040. The quantitative estimate of drug-likeness (QED) is 0.506. The first-order valence-corrected chi connectivity index (χ1v) is 11.6. The molecule has 33 heavy (non-hydrogen) atoms. The molecule has 2 aromatic carbocycles. The van der Waals surface area contributed by atoms with Gasteiger partial charge in [-0.1, -0.05) is 32.0 Å². The molecule has 0 saturated carbocycles. The van der Waals surface area contributed by atoms with Gasteiger partial charge in [0.05, 0.1) is 6.10 Å². The van der Waals surface area contributed by atoms with E-state index in [1.807, 2.05) is 24.3 Å². The Labute approximate surface area is 195 Å². The van der Waals surface area contributed by atoms with Crippen molar-refractivity contribution in [2.75, 3.05) is 30.3 Å². The van der Waals surface area contributed by atoms with Crippen LogP contribution in [0.5, 0.6) is 0 Å². The number of nitrogens with zero attached hydrogens (tertiary/aromatic N) is 3. The van der Waals surface area contributed by atoms with Crippen LogP contribution in [0, 0.1) is 0 Å². The standard InChI is InChI=1S/C26H31N5O2/c1-3-31(4-2)23-13-16-33-24(18-23)19-9-11-21(12-10-19)29-25(32)20-7-5-8-22(17-20)30-26-27-14-6-15-28-26/h5-12,14-15,17,23-24H,3-4,13,16,18H2,1-2H3,(H,29,32)(H,27,28,30)/t23-,24+/m1/s1. The zero-order valence-corrected chi connectivity index (χ0v) is 19.2. The summed E-state index contributed by atoms with van der Waals surface area (Å²) in [5.41, 5.74) is 3.21. The summed E-state index contributed by atoms with van der Waals surface area (Å²) >= 11 is 0. The molecule has 0 spiro atoms. The fraction of sp³-hybridized carbons (Fsp3) is 0.346. The van der Waals surface area contributed by atoms with Crippen LogP contribution in [0.4, 0.5) is 17.3 Å². The van der Waals surface area contributed by atoms with E-state index in [9.17, 15) is 4.79 Å². The molecule has 172 valence electrons. The number of nitrogens with one attached hydrogen (secondary N) is 2. The molecular weight excluding hydrogens is 414 g/mol. The van der Waals surface area contributed by atoms with Crippen molar-refractivity contribution in [3.63, 3.8) is 0 Å². The van der Waals surface area contributed by atoms with Gasteiger partial charge >= 0.3 is 0 Å². The minimum atomic E-state index is -0.170. The first-order chi connectivity index (χ1) is 16.2. The smallest absolute Gasteiger partial charge is 0.255 e. The van der Waals surface area contributed by atoms with Crippen LogP contribution in [0.3, 0.4) is 0 Å². The van der Waals surface area contributed by atoms with Gasteiger partial charge in [-0.25, -0.2) is 9.97 Å². The molecule has 0 radical (unpaired) electrons. The minimum Gasteiger partial charge on any atom is -0.373 e. The molecule has 2 N–H and O–H groups in total. The van der Waals surface area contributed by atoms with E-state index in [1.165, 1.54) is 0 Å². The third-order valence-corrected chi connectivity index (χ3v) is 6.07. The van der Waals surface area contributed by atoms with E-state index < -0.39 is 0 Å². The van der Waals surface area contributed by atoms with Gasteiger partial charge < -0.3 is 20.3 Å². The van der Waals surface area contributed by atoms with E-state index >= 15 is 0 Å². The molecule has 0 unspecified atom stereocenters. The predicted molar refractivity (Wildman–Crippen MR) is 131 cm³/mol. The molecule has 1 fully saturated rings. The zero-order chi connectivity index (χ0) is 23.0. The lowest BCUT2D eigenvalue weighted by Crippen LogP contribution is -2.40. The maximum atomic E-state index is 12.8. The van der Waals surface area contributed by atoms with Gasteiger partial charge in [0.1, 0.15) is 0 Å². The molecule has 1 aliphatic heterocycles. The van der Waals surface area contributed by atoms with Gasteiger partial charge in [-0.05, 0) is 67.9 Å². The first kappa shape index (κ1) is 22.9. The van der Waals surface area contributed by atoms with E-state index in [0.29, 0.717) is 17.6 Å². The first-order valence-electron chi connectivity index (χ1n) is 11.6. The van der Waals surface area contributed by atoms with Crippen LogP contribution in [-0.4, -0.2) is 46.5 Å². The number of aromatic nitrogens is 2. The third-order valence-electron chi connectivity index (χ3n) is 6.07. The Morgan fingerprint density at radius 2 is 1.79 bits per heavy atom. The molecule has 3 aromatic rings. The molecule has 1 aliphatic rings. The van der Waals surface area contributed by atoms with E-state index in [0.717, 1.165) is 49.5 Å². The lowest BCUT2D eigenvalue weighted by Gasteiger charge is -2.36. The zero-order valence-electron chi connectivity index (χ0n) is 19.2. The van der Waals surface area contributed by atoms with Crippen molar-refractivity contribution in [3.05, 3.63) is 78.1 Å². The maximum absolute atomic E-state index is 12.8. The summed E-state index contributed by atoms with van der Waals surface area (Å²) in [5.74, 6) is 0.315. The van der Waals surface area contributed by atoms with Gasteiger partial charge in [0.25, 0.3) is 5.91 Å². The Kier molecular flexibility index (Phi) is 7.65. The molecular formula is C26H31N5O2. The molecule has 1 saturated heterocycles. The summed E-state index contributed by atoms with van der Waals surface area (Å²) in [6, 6.07) is 17.6. The number of hydrogen-bond donors (Lipinski definition) is 2.